The normalized spacial score (nSPS) is 15.5. The predicted octanol–water partition coefficient (Wildman–Crippen LogP) is 3.83. The third kappa shape index (κ3) is 5.01. The molecule has 1 aliphatic heterocycles. The van der Waals surface area contributed by atoms with Crippen molar-refractivity contribution in [2.75, 3.05) is 25.5 Å². The Bertz CT molecular complexity index is 1440. The maximum absolute atomic E-state index is 13.8. The molecule has 35 heavy (non-hydrogen) atoms. The van der Waals surface area contributed by atoms with Gasteiger partial charge in [0.25, 0.3) is 0 Å². The number of piperidine rings is 1. The Morgan fingerprint density at radius 1 is 1.23 bits per heavy atom. The first-order valence-electron chi connectivity index (χ1n) is 11.1. The molecule has 0 radical (unpaired) electrons. The number of halogens is 1. The van der Waals surface area contributed by atoms with Crippen LogP contribution in [0.2, 0.25) is 0 Å². The Hall–Kier alpha value is -3.81. The first-order valence-corrected chi connectivity index (χ1v) is 12.5. The Kier molecular flexibility index (Phi) is 7.10. The average molecular weight is 493 g/mol. The maximum Gasteiger partial charge on any atom is 0.246 e. The molecule has 2 heterocycles. The van der Waals surface area contributed by atoms with E-state index in [1.165, 1.54) is 22.6 Å². The molecule has 3 aromatic rings. The van der Waals surface area contributed by atoms with E-state index in [2.05, 4.69) is 15.6 Å². The van der Waals surface area contributed by atoms with Crippen LogP contribution in [0, 0.1) is 22.6 Å². The van der Waals surface area contributed by atoms with Crippen molar-refractivity contribution in [1.82, 2.24) is 14.6 Å². The number of sulfonamides is 1. The quantitative estimate of drug-likeness (QED) is 0.431. The summed E-state index contributed by atoms with van der Waals surface area (Å²) in [5.74, 6) is -0.558. The van der Waals surface area contributed by atoms with E-state index >= 15 is 0 Å². The number of rotatable bonds is 7. The molecule has 0 spiro atoms. The summed E-state index contributed by atoms with van der Waals surface area (Å²) in [4.78, 5) is 4.17. The zero-order valence-corrected chi connectivity index (χ0v) is 19.9. The largest absolute Gasteiger partial charge is 0.393 e. The molecular weight excluding hydrogens is 467 g/mol. The van der Waals surface area contributed by atoms with Crippen molar-refractivity contribution in [2.24, 2.45) is 0 Å². The Morgan fingerprint density at radius 3 is 2.69 bits per heavy atom. The van der Waals surface area contributed by atoms with Crippen LogP contribution in [0.5, 0.6) is 0 Å². The zero-order chi connectivity index (χ0) is 25.0. The molecule has 0 unspecified atom stereocenters. The highest BCUT2D eigenvalue weighted by atomic mass is 32.2. The van der Waals surface area contributed by atoms with Crippen molar-refractivity contribution < 1.29 is 12.8 Å². The molecule has 0 aliphatic carbocycles. The lowest BCUT2D eigenvalue weighted by atomic mass is 9.98. The summed E-state index contributed by atoms with van der Waals surface area (Å²) in [6.45, 7) is 0.655. The van der Waals surface area contributed by atoms with Crippen molar-refractivity contribution in [1.29, 1.82) is 10.7 Å². The summed E-state index contributed by atoms with van der Waals surface area (Å²) in [5, 5.41) is 24.7. The summed E-state index contributed by atoms with van der Waals surface area (Å²) in [6.07, 6.45) is 6.80. The number of hydrogen-bond donors (Lipinski definition) is 3. The Labute approximate surface area is 203 Å². The Balaban J connectivity index is 1.59. The molecule has 10 heteroatoms. The van der Waals surface area contributed by atoms with E-state index in [9.17, 15) is 18.1 Å². The summed E-state index contributed by atoms with van der Waals surface area (Å²) >= 11 is 0. The molecule has 0 saturated carbocycles. The average Bonchev–Trinajstić information content (AvgIpc) is 2.87. The molecule has 4 rings (SSSR count). The van der Waals surface area contributed by atoms with Crippen LogP contribution in [0.15, 0.2) is 59.9 Å². The number of nitrogens with zero attached hydrogens (tertiary/aromatic N) is 3. The first-order chi connectivity index (χ1) is 16.9. The van der Waals surface area contributed by atoms with E-state index in [1.807, 2.05) is 24.3 Å². The van der Waals surface area contributed by atoms with Gasteiger partial charge in [0.1, 0.15) is 16.8 Å². The molecule has 1 aromatic heterocycles. The van der Waals surface area contributed by atoms with Gasteiger partial charge in [-0.2, -0.15) is 9.57 Å². The minimum atomic E-state index is -3.73. The number of aromatic nitrogens is 1. The van der Waals surface area contributed by atoms with E-state index in [-0.39, 0.29) is 16.5 Å². The molecule has 2 aromatic carbocycles. The number of benzene rings is 2. The molecule has 0 amide bonds. The third-order valence-electron chi connectivity index (χ3n) is 6.06. The molecule has 1 saturated heterocycles. The number of nitriles is 1. The van der Waals surface area contributed by atoms with Crippen molar-refractivity contribution in [3.05, 3.63) is 71.3 Å². The fourth-order valence-corrected chi connectivity index (χ4v) is 5.62. The van der Waals surface area contributed by atoms with E-state index in [1.54, 1.807) is 25.5 Å². The van der Waals surface area contributed by atoms with Gasteiger partial charge in [-0.05, 0) is 59.7 Å². The topological polar surface area (TPSA) is 122 Å². The van der Waals surface area contributed by atoms with Crippen LogP contribution in [0.1, 0.15) is 18.4 Å². The molecule has 3 N–H and O–H groups in total. The highest BCUT2D eigenvalue weighted by Gasteiger charge is 2.30. The number of hydrogen-bond acceptors (Lipinski definition) is 7. The number of nitrogens with one attached hydrogen (secondary N) is 3. The van der Waals surface area contributed by atoms with Crippen LogP contribution in [-0.4, -0.2) is 50.1 Å². The number of pyridine rings is 1. The van der Waals surface area contributed by atoms with Crippen LogP contribution in [0.25, 0.3) is 21.9 Å². The summed E-state index contributed by atoms with van der Waals surface area (Å²) in [5.41, 5.74) is 2.37. The monoisotopic (exact) mass is 492 g/mol. The maximum atomic E-state index is 13.8. The number of allylic oxidation sites excluding steroid dienone is 1. The smallest absolute Gasteiger partial charge is 0.246 e. The second-order valence-corrected chi connectivity index (χ2v) is 10.2. The van der Waals surface area contributed by atoms with E-state index < -0.39 is 15.8 Å². The minimum Gasteiger partial charge on any atom is -0.393 e. The van der Waals surface area contributed by atoms with Crippen LogP contribution in [0.4, 0.5) is 10.1 Å². The summed E-state index contributed by atoms with van der Waals surface area (Å²) < 4.78 is 40.9. The molecule has 0 atom stereocenters. The molecule has 1 aliphatic rings. The van der Waals surface area contributed by atoms with Gasteiger partial charge in [-0.15, -0.1) is 0 Å². The van der Waals surface area contributed by atoms with Crippen molar-refractivity contribution in [3.63, 3.8) is 0 Å². The number of fused-ring (bicyclic) bond motifs is 1. The Morgan fingerprint density at radius 2 is 2.00 bits per heavy atom. The van der Waals surface area contributed by atoms with E-state index in [0.29, 0.717) is 25.9 Å². The lowest BCUT2D eigenvalue weighted by molar-refractivity contribution is 0.333. The van der Waals surface area contributed by atoms with Crippen LogP contribution in [0.3, 0.4) is 0 Å². The lowest BCUT2D eigenvalue weighted by Crippen LogP contribution is -2.43. The van der Waals surface area contributed by atoms with Crippen molar-refractivity contribution in [3.8, 4) is 17.2 Å². The first kappa shape index (κ1) is 24.3. The van der Waals surface area contributed by atoms with Gasteiger partial charge in [0.15, 0.2) is 0 Å². The highest BCUT2D eigenvalue weighted by Crippen LogP contribution is 2.33. The lowest BCUT2D eigenvalue weighted by Gasteiger charge is -2.32. The van der Waals surface area contributed by atoms with Gasteiger partial charge < -0.3 is 16.0 Å². The van der Waals surface area contributed by atoms with Crippen LogP contribution >= 0.6 is 0 Å². The molecular formula is C25H25FN6O2S. The van der Waals surface area contributed by atoms with Crippen molar-refractivity contribution in [2.45, 2.75) is 18.9 Å². The van der Waals surface area contributed by atoms with Gasteiger partial charge in [0.2, 0.25) is 10.0 Å². The number of anilines is 1. The van der Waals surface area contributed by atoms with Gasteiger partial charge >= 0.3 is 0 Å². The van der Waals surface area contributed by atoms with Gasteiger partial charge in [0, 0.05) is 62.1 Å². The minimum absolute atomic E-state index is 0.0166. The fraction of sp³-hybridized carbons (Fsp3) is 0.240. The second-order valence-electron chi connectivity index (χ2n) is 8.23. The standard InChI is InChI=1S/C25H25FN6O2S/c1-29-15-22(14-28)35(33,34)32-8-5-21(6-9-32)31-25-12-19(11-18-4-7-30-16-23(18)25)17-2-3-24(26)20(10-17)13-27/h2-4,7,10-12,14-16,21,28-29,31H,5-6,8-9H2,1H3/b22-15+,28-14?. The predicted molar refractivity (Wildman–Crippen MR) is 135 cm³/mol. The van der Waals surface area contributed by atoms with Crippen LogP contribution in [-0.2, 0) is 10.0 Å². The molecule has 8 nitrogen and oxygen atoms in total. The van der Waals surface area contributed by atoms with Gasteiger partial charge in [-0.1, -0.05) is 6.07 Å². The van der Waals surface area contributed by atoms with Crippen LogP contribution < -0.4 is 10.6 Å². The van der Waals surface area contributed by atoms with Gasteiger partial charge in [-0.3, -0.25) is 4.98 Å². The molecule has 180 valence electrons. The molecule has 0 bridgehead atoms. The third-order valence-corrected chi connectivity index (χ3v) is 7.93. The van der Waals surface area contributed by atoms with Gasteiger partial charge in [-0.25, -0.2) is 12.8 Å². The fourth-order valence-electron chi connectivity index (χ4n) is 4.22. The van der Waals surface area contributed by atoms with E-state index in [0.717, 1.165) is 33.8 Å². The second kappa shape index (κ2) is 10.2. The summed E-state index contributed by atoms with van der Waals surface area (Å²) in [6, 6.07) is 12.2. The summed E-state index contributed by atoms with van der Waals surface area (Å²) in [7, 11) is -2.13. The van der Waals surface area contributed by atoms with E-state index in [4.69, 9.17) is 5.41 Å². The highest BCUT2D eigenvalue weighted by molar-refractivity contribution is 7.93. The molecule has 1 fully saturated rings. The SMILES string of the molecule is CN/C=C(\C=N)S(=O)(=O)N1CCC(Nc2cc(-c3ccc(F)c(C#N)c3)cc3ccncc23)CC1. The van der Waals surface area contributed by atoms with Gasteiger partial charge in [0.05, 0.1) is 5.56 Å². The van der Waals surface area contributed by atoms with Crippen molar-refractivity contribution >= 4 is 32.7 Å². The zero-order valence-electron chi connectivity index (χ0n) is 19.1.